The number of rotatable bonds is 1. The molecule has 0 radical (unpaired) electrons. The summed E-state index contributed by atoms with van der Waals surface area (Å²) in [6.45, 7) is 5.79. The van der Waals surface area contributed by atoms with Gasteiger partial charge in [-0.15, -0.1) is 0 Å². The third-order valence-corrected chi connectivity index (χ3v) is 4.12. The van der Waals surface area contributed by atoms with Crippen LogP contribution >= 0.6 is 15.9 Å². The molecule has 2 aromatic heterocycles. The number of benzene rings is 1. The van der Waals surface area contributed by atoms with Crippen molar-refractivity contribution in [3.63, 3.8) is 0 Å². The first-order valence-electron chi connectivity index (χ1n) is 6.05. The van der Waals surface area contributed by atoms with Crippen molar-refractivity contribution in [1.29, 1.82) is 0 Å². The van der Waals surface area contributed by atoms with Crippen LogP contribution in [0.15, 0.2) is 25.8 Å². The standard InChI is InChI=1S/C15H13BrO3/c1-7-4-13(17)19-14-8(2)15-11(5-10(7)14)12(6-16)9(3)18-15/h4-5H,6H2,1-3H3. The first-order chi connectivity index (χ1) is 9.02. The minimum atomic E-state index is -0.323. The lowest BCUT2D eigenvalue weighted by Gasteiger charge is -2.04. The van der Waals surface area contributed by atoms with Crippen molar-refractivity contribution in [2.24, 2.45) is 0 Å². The maximum atomic E-state index is 11.5. The number of alkyl halides is 1. The van der Waals surface area contributed by atoms with Crippen LogP contribution in [0.1, 0.15) is 22.5 Å². The van der Waals surface area contributed by atoms with Crippen LogP contribution in [0.3, 0.4) is 0 Å². The highest BCUT2D eigenvalue weighted by Crippen LogP contribution is 2.34. The van der Waals surface area contributed by atoms with E-state index in [0.717, 1.165) is 44.1 Å². The van der Waals surface area contributed by atoms with Gasteiger partial charge in [0.05, 0.1) is 0 Å². The first kappa shape index (κ1) is 12.5. The van der Waals surface area contributed by atoms with Crippen molar-refractivity contribution in [3.05, 3.63) is 45.0 Å². The van der Waals surface area contributed by atoms with E-state index in [1.54, 1.807) is 0 Å². The van der Waals surface area contributed by atoms with E-state index in [1.165, 1.54) is 6.07 Å². The molecule has 0 bridgehead atoms. The zero-order valence-electron chi connectivity index (χ0n) is 11.0. The van der Waals surface area contributed by atoms with E-state index in [-0.39, 0.29) is 5.63 Å². The van der Waals surface area contributed by atoms with Gasteiger partial charge in [-0.1, -0.05) is 15.9 Å². The highest BCUT2D eigenvalue weighted by molar-refractivity contribution is 9.08. The molecular weight excluding hydrogens is 308 g/mol. The maximum Gasteiger partial charge on any atom is 0.336 e. The second kappa shape index (κ2) is 4.23. The highest BCUT2D eigenvalue weighted by atomic mass is 79.9. The fourth-order valence-electron chi connectivity index (χ4n) is 2.52. The zero-order chi connectivity index (χ0) is 13.7. The molecule has 3 nitrogen and oxygen atoms in total. The Labute approximate surface area is 118 Å². The SMILES string of the molecule is Cc1oc2c(C)c3oc(=O)cc(C)c3cc2c1CBr. The predicted molar refractivity (Wildman–Crippen MR) is 79.1 cm³/mol. The second-order valence-corrected chi connectivity index (χ2v) is 5.33. The molecule has 0 fully saturated rings. The lowest BCUT2D eigenvalue weighted by Crippen LogP contribution is -1.99. The molecule has 0 aliphatic rings. The largest absolute Gasteiger partial charge is 0.461 e. The molecule has 0 amide bonds. The lowest BCUT2D eigenvalue weighted by atomic mass is 10.0. The van der Waals surface area contributed by atoms with Gasteiger partial charge in [0.15, 0.2) is 0 Å². The number of fused-ring (bicyclic) bond motifs is 2. The summed E-state index contributed by atoms with van der Waals surface area (Å²) in [6, 6.07) is 3.57. The zero-order valence-corrected chi connectivity index (χ0v) is 12.6. The summed E-state index contributed by atoms with van der Waals surface area (Å²) in [6.07, 6.45) is 0. The first-order valence-corrected chi connectivity index (χ1v) is 7.17. The second-order valence-electron chi connectivity index (χ2n) is 4.77. The van der Waals surface area contributed by atoms with Gasteiger partial charge in [0.1, 0.15) is 16.9 Å². The van der Waals surface area contributed by atoms with Crippen LogP contribution in [0.5, 0.6) is 0 Å². The molecule has 1 aromatic carbocycles. The fourth-order valence-corrected chi connectivity index (χ4v) is 3.21. The maximum absolute atomic E-state index is 11.5. The molecule has 2 heterocycles. The van der Waals surface area contributed by atoms with Crippen molar-refractivity contribution < 1.29 is 8.83 Å². The highest BCUT2D eigenvalue weighted by Gasteiger charge is 2.16. The van der Waals surface area contributed by atoms with E-state index in [0.29, 0.717) is 5.58 Å². The van der Waals surface area contributed by atoms with Crippen LogP contribution in [0.2, 0.25) is 0 Å². The van der Waals surface area contributed by atoms with Crippen LogP contribution in [0, 0.1) is 20.8 Å². The predicted octanol–water partition coefficient (Wildman–Crippen LogP) is 4.36. The van der Waals surface area contributed by atoms with Gasteiger partial charge in [0, 0.05) is 33.3 Å². The molecule has 98 valence electrons. The van der Waals surface area contributed by atoms with Crippen molar-refractivity contribution in [2.45, 2.75) is 26.1 Å². The Bertz CT molecular complexity index is 855. The van der Waals surface area contributed by atoms with Crippen LogP contribution in [0.25, 0.3) is 21.9 Å². The summed E-state index contributed by atoms with van der Waals surface area (Å²) in [5.41, 5.74) is 4.04. The molecule has 0 aliphatic heterocycles. The molecular formula is C15H13BrO3. The normalized spacial score (nSPS) is 11.6. The van der Waals surface area contributed by atoms with E-state index >= 15 is 0 Å². The quantitative estimate of drug-likeness (QED) is 0.494. The summed E-state index contributed by atoms with van der Waals surface area (Å²) in [5, 5.41) is 2.79. The minimum Gasteiger partial charge on any atom is -0.461 e. The third kappa shape index (κ3) is 1.74. The van der Waals surface area contributed by atoms with Gasteiger partial charge in [-0.3, -0.25) is 0 Å². The summed E-state index contributed by atoms with van der Waals surface area (Å²) >= 11 is 3.49. The van der Waals surface area contributed by atoms with Gasteiger partial charge < -0.3 is 8.83 Å². The molecule has 0 N–H and O–H groups in total. The van der Waals surface area contributed by atoms with Crippen molar-refractivity contribution in [2.75, 3.05) is 0 Å². The fraction of sp³-hybridized carbons (Fsp3) is 0.267. The monoisotopic (exact) mass is 320 g/mol. The van der Waals surface area contributed by atoms with Crippen LogP contribution in [-0.2, 0) is 5.33 Å². The summed E-state index contributed by atoms with van der Waals surface area (Å²) in [5.74, 6) is 0.894. The average Bonchev–Trinajstić information content (AvgIpc) is 2.67. The molecule has 4 heteroatoms. The molecule has 19 heavy (non-hydrogen) atoms. The molecule has 3 aromatic rings. The number of halogens is 1. The number of hydrogen-bond donors (Lipinski definition) is 0. The van der Waals surface area contributed by atoms with E-state index in [1.807, 2.05) is 26.8 Å². The van der Waals surface area contributed by atoms with E-state index < -0.39 is 0 Å². The van der Waals surface area contributed by atoms with Gasteiger partial charge in [0.2, 0.25) is 0 Å². The van der Waals surface area contributed by atoms with Crippen molar-refractivity contribution >= 4 is 37.9 Å². The molecule has 0 saturated carbocycles. The topological polar surface area (TPSA) is 43.4 Å². The molecule has 0 unspecified atom stereocenters. The smallest absolute Gasteiger partial charge is 0.336 e. The van der Waals surface area contributed by atoms with Gasteiger partial charge in [-0.25, -0.2) is 4.79 Å². The van der Waals surface area contributed by atoms with Gasteiger partial charge in [-0.2, -0.15) is 0 Å². The molecule has 0 atom stereocenters. The number of hydrogen-bond acceptors (Lipinski definition) is 3. The van der Waals surface area contributed by atoms with E-state index in [4.69, 9.17) is 8.83 Å². The average molecular weight is 321 g/mol. The van der Waals surface area contributed by atoms with Gasteiger partial charge in [0.25, 0.3) is 0 Å². The molecule has 0 aliphatic carbocycles. The van der Waals surface area contributed by atoms with Gasteiger partial charge in [-0.05, 0) is 32.4 Å². The van der Waals surface area contributed by atoms with Crippen LogP contribution in [-0.4, -0.2) is 0 Å². The lowest BCUT2D eigenvalue weighted by molar-refractivity contribution is 0.551. The van der Waals surface area contributed by atoms with Crippen molar-refractivity contribution in [3.8, 4) is 0 Å². The van der Waals surface area contributed by atoms with Gasteiger partial charge >= 0.3 is 5.63 Å². The molecule has 0 spiro atoms. The Morgan fingerprint density at radius 3 is 2.42 bits per heavy atom. The Balaban J connectivity index is 2.60. The van der Waals surface area contributed by atoms with E-state index in [2.05, 4.69) is 15.9 Å². The number of furan rings is 1. The molecule has 0 saturated heterocycles. The number of aryl methyl sites for hydroxylation is 3. The molecule has 3 rings (SSSR count). The Kier molecular flexibility index (Phi) is 2.78. The Hall–Kier alpha value is -1.55. The summed E-state index contributed by atoms with van der Waals surface area (Å²) in [7, 11) is 0. The van der Waals surface area contributed by atoms with Crippen LogP contribution < -0.4 is 5.63 Å². The minimum absolute atomic E-state index is 0.323. The Morgan fingerprint density at radius 1 is 1.05 bits per heavy atom. The van der Waals surface area contributed by atoms with Crippen molar-refractivity contribution in [1.82, 2.24) is 0 Å². The Morgan fingerprint density at radius 2 is 1.74 bits per heavy atom. The third-order valence-electron chi connectivity index (χ3n) is 3.56. The van der Waals surface area contributed by atoms with E-state index in [9.17, 15) is 4.79 Å². The summed E-state index contributed by atoms with van der Waals surface area (Å²) < 4.78 is 11.2. The van der Waals surface area contributed by atoms with Crippen LogP contribution in [0.4, 0.5) is 0 Å². The summed E-state index contributed by atoms with van der Waals surface area (Å²) in [4.78, 5) is 11.5.